The standard InChI is InChI=1S/C17H23NO3/c1-10-4-6-13(7-5-10)15-8-14(11(2)19)17(12(3)20)16(9-18)21-15/h4-7,12,15-16,19-20H,2,8-9,18H2,1,3H3. The molecule has 0 aromatic heterocycles. The summed E-state index contributed by atoms with van der Waals surface area (Å²) in [7, 11) is 0. The van der Waals surface area contributed by atoms with E-state index in [0.29, 0.717) is 17.6 Å². The summed E-state index contributed by atoms with van der Waals surface area (Å²) < 4.78 is 6.02. The lowest BCUT2D eigenvalue weighted by molar-refractivity contribution is -0.0135. The number of aryl methyl sites for hydroxylation is 1. The first-order valence-electron chi connectivity index (χ1n) is 7.15. The van der Waals surface area contributed by atoms with Crippen molar-refractivity contribution in [1.29, 1.82) is 0 Å². The van der Waals surface area contributed by atoms with Crippen molar-refractivity contribution in [2.75, 3.05) is 6.54 Å². The van der Waals surface area contributed by atoms with Gasteiger partial charge in [0.15, 0.2) is 0 Å². The lowest BCUT2D eigenvalue weighted by atomic mass is 9.88. The van der Waals surface area contributed by atoms with E-state index >= 15 is 0 Å². The first kappa shape index (κ1) is 15.8. The van der Waals surface area contributed by atoms with E-state index in [1.807, 2.05) is 31.2 Å². The van der Waals surface area contributed by atoms with E-state index in [2.05, 4.69) is 6.58 Å². The van der Waals surface area contributed by atoms with Crippen LogP contribution in [0, 0.1) is 6.92 Å². The molecule has 0 amide bonds. The Balaban J connectivity index is 2.38. The molecule has 0 saturated heterocycles. The van der Waals surface area contributed by atoms with Crippen molar-refractivity contribution in [2.24, 2.45) is 5.73 Å². The van der Waals surface area contributed by atoms with Crippen LogP contribution in [0.2, 0.25) is 0 Å². The Hall–Kier alpha value is -1.62. The van der Waals surface area contributed by atoms with Gasteiger partial charge in [0.2, 0.25) is 0 Å². The van der Waals surface area contributed by atoms with Gasteiger partial charge in [-0.2, -0.15) is 0 Å². The highest BCUT2D eigenvalue weighted by Gasteiger charge is 2.33. The largest absolute Gasteiger partial charge is 0.508 e. The molecule has 3 unspecified atom stereocenters. The molecule has 0 aliphatic carbocycles. The molecule has 0 radical (unpaired) electrons. The molecule has 0 saturated carbocycles. The van der Waals surface area contributed by atoms with Gasteiger partial charge >= 0.3 is 0 Å². The second-order valence-electron chi connectivity index (χ2n) is 5.52. The third kappa shape index (κ3) is 3.35. The molecule has 1 heterocycles. The van der Waals surface area contributed by atoms with Crippen molar-refractivity contribution in [3.8, 4) is 0 Å². The topological polar surface area (TPSA) is 75.7 Å². The number of allylic oxidation sites excluding steroid dienone is 1. The van der Waals surface area contributed by atoms with Crippen molar-refractivity contribution in [3.63, 3.8) is 0 Å². The van der Waals surface area contributed by atoms with Crippen LogP contribution in [0.4, 0.5) is 0 Å². The Morgan fingerprint density at radius 2 is 2.05 bits per heavy atom. The molecule has 1 aromatic rings. The fourth-order valence-electron chi connectivity index (χ4n) is 2.78. The molecule has 21 heavy (non-hydrogen) atoms. The maximum absolute atomic E-state index is 9.95. The monoisotopic (exact) mass is 289 g/mol. The van der Waals surface area contributed by atoms with Gasteiger partial charge in [0.25, 0.3) is 0 Å². The van der Waals surface area contributed by atoms with E-state index in [1.54, 1.807) is 6.92 Å². The molecule has 114 valence electrons. The quantitative estimate of drug-likeness (QED) is 0.745. The fraction of sp³-hybridized carbons (Fsp3) is 0.412. The van der Waals surface area contributed by atoms with E-state index in [0.717, 1.165) is 5.56 Å². The van der Waals surface area contributed by atoms with Crippen LogP contribution in [-0.4, -0.2) is 29.0 Å². The molecule has 0 fully saturated rings. The Labute approximate surface area is 125 Å². The summed E-state index contributed by atoms with van der Waals surface area (Å²) in [6.07, 6.45) is -0.851. The van der Waals surface area contributed by atoms with Crippen molar-refractivity contribution < 1.29 is 14.9 Å². The molecular weight excluding hydrogens is 266 g/mol. The summed E-state index contributed by atoms with van der Waals surface area (Å²) in [5.74, 6) is -0.0234. The maximum atomic E-state index is 9.95. The van der Waals surface area contributed by atoms with Gasteiger partial charge < -0.3 is 20.7 Å². The third-order valence-corrected chi connectivity index (χ3v) is 3.88. The van der Waals surface area contributed by atoms with Crippen LogP contribution in [0.5, 0.6) is 0 Å². The normalized spacial score (nSPS) is 24.0. The van der Waals surface area contributed by atoms with Gasteiger partial charge in [0, 0.05) is 18.5 Å². The summed E-state index contributed by atoms with van der Waals surface area (Å²) >= 11 is 0. The van der Waals surface area contributed by atoms with E-state index in [1.165, 1.54) is 5.56 Å². The van der Waals surface area contributed by atoms with Crippen LogP contribution in [-0.2, 0) is 4.74 Å². The second-order valence-corrected chi connectivity index (χ2v) is 5.52. The van der Waals surface area contributed by atoms with Crippen LogP contribution < -0.4 is 5.73 Å². The SMILES string of the molecule is C=C(O)C1=C(C(C)O)C(CN)OC(c2ccc(C)cc2)C1. The fourth-order valence-corrected chi connectivity index (χ4v) is 2.78. The number of hydrogen-bond donors (Lipinski definition) is 3. The molecule has 1 aromatic carbocycles. The molecule has 4 N–H and O–H groups in total. The molecule has 0 spiro atoms. The van der Waals surface area contributed by atoms with Crippen molar-refractivity contribution >= 4 is 0 Å². The average molecular weight is 289 g/mol. The van der Waals surface area contributed by atoms with Crippen LogP contribution in [0.25, 0.3) is 0 Å². The van der Waals surface area contributed by atoms with Gasteiger partial charge in [0.1, 0.15) is 5.76 Å². The number of ether oxygens (including phenoxy) is 1. The first-order chi connectivity index (χ1) is 9.93. The molecule has 4 nitrogen and oxygen atoms in total. The summed E-state index contributed by atoms with van der Waals surface area (Å²) in [6.45, 7) is 7.54. The number of hydrogen-bond acceptors (Lipinski definition) is 4. The number of nitrogens with two attached hydrogens (primary N) is 1. The molecule has 0 bridgehead atoms. The second kappa shape index (κ2) is 6.43. The van der Waals surface area contributed by atoms with Gasteiger partial charge in [0.05, 0.1) is 18.3 Å². The summed E-state index contributed by atoms with van der Waals surface area (Å²) in [5.41, 5.74) is 9.27. The van der Waals surface area contributed by atoms with Crippen LogP contribution in [0.1, 0.15) is 30.6 Å². The molecule has 2 rings (SSSR count). The first-order valence-corrected chi connectivity index (χ1v) is 7.15. The zero-order valence-electron chi connectivity index (χ0n) is 12.5. The lowest BCUT2D eigenvalue weighted by Gasteiger charge is -2.35. The summed E-state index contributed by atoms with van der Waals surface area (Å²) in [5, 5.41) is 19.8. The van der Waals surface area contributed by atoms with Crippen LogP contribution in [0.15, 0.2) is 47.7 Å². The van der Waals surface area contributed by atoms with Crippen molar-refractivity contribution in [3.05, 3.63) is 58.9 Å². The van der Waals surface area contributed by atoms with Crippen LogP contribution >= 0.6 is 0 Å². The minimum absolute atomic E-state index is 0.0234. The maximum Gasteiger partial charge on any atom is 0.111 e. The lowest BCUT2D eigenvalue weighted by Crippen LogP contribution is -2.36. The highest BCUT2D eigenvalue weighted by molar-refractivity contribution is 5.38. The summed E-state index contributed by atoms with van der Waals surface area (Å²) in [6, 6.07) is 8.08. The van der Waals surface area contributed by atoms with E-state index in [4.69, 9.17) is 10.5 Å². The Bertz CT molecular complexity index is 546. The van der Waals surface area contributed by atoms with Crippen LogP contribution in [0.3, 0.4) is 0 Å². The predicted octanol–water partition coefficient (Wildman–Crippen LogP) is 2.53. The van der Waals surface area contributed by atoms with E-state index in [9.17, 15) is 10.2 Å². The van der Waals surface area contributed by atoms with Crippen molar-refractivity contribution in [1.82, 2.24) is 0 Å². The Morgan fingerprint density at radius 1 is 1.43 bits per heavy atom. The minimum atomic E-state index is -0.726. The van der Waals surface area contributed by atoms with Crippen molar-refractivity contribution in [2.45, 2.75) is 38.6 Å². The number of aliphatic hydroxyl groups excluding tert-OH is 2. The Morgan fingerprint density at radius 3 is 2.52 bits per heavy atom. The van der Waals surface area contributed by atoms with Gasteiger partial charge in [-0.3, -0.25) is 0 Å². The van der Waals surface area contributed by atoms with Gasteiger partial charge in [-0.25, -0.2) is 0 Å². The average Bonchev–Trinajstić information content (AvgIpc) is 2.46. The van der Waals surface area contributed by atoms with Gasteiger partial charge in [-0.05, 0) is 25.0 Å². The van der Waals surface area contributed by atoms with E-state index < -0.39 is 12.2 Å². The van der Waals surface area contributed by atoms with Gasteiger partial charge in [-0.1, -0.05) is 36.4 Å². The molecular formula is C17H23NO3. The predicted molar refractivity (Wildman–Crippen MR) is 82.9 cm³/mol. The third-order valence-electron chi connectivity index (χ3n) is 3.88. The Kier molecular flexibility index (Phi) is 4.83. The zero-order chi connectivity index (χ0) is 15.6. The highest BCUT2D eigenvalue weighted by atomic mass is 16.5. The van der Waals surface area contributed by atoms with E-state index in [-0.39, 0.29) is 18.4 Å². The minimum Gasteiger partial charge on any atom is -0.508 e. The number of aliphatic hydroxyl groups is 2. The zero-order valence-corrected chi connectivity index (χ0v) is 12.5. The summed E-state index contributed by atoms with van der Waals surface area (Å²) in [4.78, 5) is 0. The number of benzene rings is 1. The number of rotatable bonds is 4. The molecule has 1 aliphatic rings. The molecule has 1 aliphatic heterocycles. The molecule has 4 heteroatoms. The van der Waals surface area contributed by atoms with Gasteiger partial charge in [-0.15, -0.1) is 0 Å². The molecule has 3 atom stereocenters. The highest BCUT2D eigenvalue weighted by Crippen LogP contribution is 2.38. The smallest absolute Gasteiger partial charge is 0.111 e.